The lowest BCUT2D eigenvalue weighted by atomic mass is 9.70. The highest BCUT2D eigenvalue weighted by Crippen LogP contribution is 2.40. The van der Waals surface area contributed by atoms with Crippen LogP contribution in [0.5, 0.6) is 0 Å². The van der Waals surface area contributed by atoms with Gasteiger partial charge in [-0.25, -0.2) is 0 Å². The molecule has 1 saturated heterocycles. The highest BCUT2D eigenvalue weighted by Gasteiger charge is 2.36. The molecule has 1 aliphatic rings. The van der Waals surface area contributed by atoms with E-state index >= 15 is 0 Å². The van der Waals surface area contributed by atoms with Crippen molar-refractivity contribution in [2.24, 2.45) is 16.7 Å². The zero-order chi connectivity index (χ0) is 20.1. The van der Waals surface area contributed by atoms with Crippen LogP contribution >= 0.6 is 22.6 Å². The highest BCUT2D eigenvalue weighted by molar-refractivity contribution is 14.1. The minimum absolute atomic E-state index is 0.0738. The molecule has 0 radical (unpaired) electrons. The van der Waals surface area contributed by atoms with Crippen molar-refractivity contribution >= 4 is 34.3 Å². The summed E-state index contributed by atoms with van der Waals surface area (Å²) >= 11 is 2.25. The quantitative estimate of drug-likeness (QED) is 0.319. The van der Waals surface area contributed by atoms with E-state index in [4.69, 9.17) is 4.74 Å². The van der Waals surface area contributed by atoms with Gasteiger partial charge in [0.15, 0.2) is 0 Å². The van der Waals surface area contributed by atoms with Crippen LogP contribution in [0.2, 0.25) is 0 Å². The first-order valence-corrected chi connectivity index (χ1v) is 11.2. The number of Topliss-reactive ketones (excluding diaryl/α,β-unsaturated/α-hetero) is 1. The van der Waals surface area contributed by atoms with Gasteiger partial charge in [0, 0.05) is 25.3 Å². The van der Waals surface area contributed by atoms with E-state index in [1.807, 2.05) is 25.7 Å². The molecule has 0 aromatic carbocycles. The normalized spacial score (nSPS) is 19.9. The number of nitrogens with zero attached hydrogens (tertiary/aromatic N) is 1. The first-order chi connectivity index (χ1) is 11.8. The number of carbonyl (C=O) groups is 2. The predicted molar refractivity (Wildman–Crippen MR) is 115 cm³/mol. The van der Waals surface area contributed by atoms with Gasteiger partial charge in [-0.3, -0.25) is 9.59 Å². The maximum absolute atomic E-state index is 12.9. The Morgan fingerprint density at radius 1 is 1.12 bits per heavy atom. The highest BCUT2D eigenvalue weighted by atomic mass is 127. The molecule has 0 bridgehead atoms. The second-order valence-corrected chi connectivity index (χ2v) is 11.5. The number of alkyl halides is 1. The smallest absolute Gasteiger partial charge is 0.223 e. The van der Waals surface area contributed by atoms with Gasteiger partial charge in [-0.05, 0) is 37.0 Å². The van der Waals surface area contributed by atoms with Crippen LogP contribution in [0.25, 0.3) is 0 Å². The van der Waals surface area contributed by atoms with Crippen LogP contribution in [0.4, 0.5) is 0 Å². The Labute approximate surface area is 173 Å². The van der Waals surface area contributed by atoms with Gasteiger partial charge in [-0.2, -0.15) is 0 Å². The molecule has 0 aromatic rings. The van der Waals surface area contributed by atoms with E-state index in [-0.39, 0.29) is 32.8 Å². The minimum atomic E-state index is -0.123. The van der Waals surface area contributed by atoms with Gasteiger partial charge in [-0.15, -0.1) is 0 Å². The van der Waals surface area contributed by atoms with Crippen LogP contribution in [-0.2, 0) is 14.3 Å². The Balaban J connectivity index is 2.64. The van der Waals surface area contributed by atoms with E-state index in [1.165, 1.54) is 0 Å². The monoisotopic (exact) mass is 479 g/mol. The molecule has 0 aliphatic carbocycles. The molecule has 0 N–H and O–H groups in total. The van der Waals surface area contributed by atoms with Gasteiger partial charge >= 0.3 is 0 Å². The number of halogens is 1. The third-order valence-corrected chi connectivity index (χ3v) is 5.46. The Kier molecular flexibility index (Phi) is 9.04. The fourth-order valence-corrected chi connectivity index (χ4v) is 4.40. The van der Waals surface area contributed by atoms with E-state index in [2.05, 4.69) is 50.3 Å². The summed E-state index contributed by atoms with van der Waals surface area (Å²) in [6, 6.07) is 0.214. The maximum atomic E-state index is 12.9. The lowest BCUT2D eigenvalue weighted by molar-refractivity contribution is -0.135. The standard InChI is InChI=1S/C21H38INO3/c1-15(2)18(24)11-20(4,5)14-21(6,7)12-19(25)23-10-8-9-17(23)13-26-16(3)22/h15-17H,8-14H2,1-7H3. The second kappa shape index (κ2) is 9.85. The zero-order valence-corrected chi connectivity index (χ0v) is 19.9. The third-order valence-electron chi connectivity index (χ3n) is 5.10. The summed E-state index contributed by atoms with van der Waals surface area (Å²) in [6.07, 6.45) is 4.07. The summed E-state index contributed by atoms with van der Waals surface area (Å²) in [4.78, 5) is 27.1. The molecule has 0 spiro atoms. The summed E-state index contributed by atoms with van der Waals surface area (Å²) in [5.74, 6) is 0.611. The molecule has 26 heavy (non-hydrogen) atoms. The van der Waals surface area contributed by atoms with Crippen molar-refractivity contribution in [1.29, 1.82) is 0 Å². The fraction of sp³-hybridized carbons (Fsp3) is 0.905. The van der Waals surface area contributed by atoms with Crippen molar-refractivity contribution < 1.29 is 14.3 Å². The number of likely N-dealkylation sites (tertiary alicyclic amines) is 1. The molecule has 2 unspecified atom stereocenters. The first kappa shape index (κ1) is 23.9. The summed E-state index contributed by atoms with van der Waals surface area (Å²) in [6.45, 7) is 16.0. The van der Waals surface area contributed by atoms with Crippen LogP contribution in [0.1, 0.15) is 80.6 Å². The van der Waals surface area contributed by atoms with Crippen molar-refractivity contribution in [3.8, 4) is 0 Å². The zero-order valence-electron chi connectivity index (χ0n) is 17.7. The molecule has 1 amide bonds. The molecular weight excluding hydrogens is 441 g/mol. The summed E-state index contributed by atoms with van der Waals surface area (Å²) in [5.41, 5.74) is -0.211. The predicted octanol–water partition coefficient (Wildman–Crippen LogP) is 5.22. The lowest BCUT2D eigenvalue weighted by Crippen LogP contribution is -2.41. The topological polar surface area (TPSA) is 46.6 Å². The molecule has 1 heterocycles. The largest absolute Gasteiger partial charge is 0.366 e. The van der Waals surface area contributed by atoms with Crippen molar-refractivity contribution in [1.82, 2.24) is 4.90 Å². The summed E-state index contributed by atoms with van der Waals surface area (Å²) in [5, 5.41) is 0. The first-order valence-electron chi connectivity index (χ1n) is 9.91. The van der Waals surface area contributed by atoms with Crippen LogP contribution in [0.3, 0.4) is 0 Å². The number of ether oxygens (including phenoxy) is 1. The van der Waals surface area contributed by atoms with Gasteiger partial charge in [0.25, 0.3) is 0 Å². The number of carbonyl (C=O) groups excluding carboxylic acids is 2. The fourth-order valence-electron chi connectivity index (χ4n) is 4.19. The van der Waals surface area contributed by atoms with Crippen molar-refractivity contribution in [2.45, 2.75) is 90.7 Å². The number of hydrogen-bond donors (Lipinski definition) is 0. The van der Waals surface area contributed by atoms with E-state index < -0.39 is 0 Å². The second-order valence-electron chi connectivity index (χ2n) is 9.74. The van der Waals surface area contributed by atoms with Crippen LogP contribution in [-0.4, -0.2) is 39.9 Å². The number of amides is 1. The van der Waals surface area contributed by atoms with E-state index in [9.17, 15) is 9.59 Å². The molecule has 2 atom stereocenters. The Hall–Kier alpha value is -0.170. The van der Waals surface area contributed by atoms with E-state index in [1.54, 1.807) is 0 Å². The van der Waals surface area contributed by atoms with Gasteiger partial charge in [0.1, 0.15) is 9.89 Å². The molecule has 4 nitrogen and oxygen atoms in total. The number of ketones is 1. The molecule has 0 saturated carbocycles. The maximum Gasteiger partial charge on any atom is 0.223 e. The van der Waals surface area contributed by atoms with Gasteiger partial charge in [-0.1, -0.05) is 64.1 Å². The van der Waals surface area contributed by atoms with Crippen LogP contribution < -0.4 is 0 Å². The number of hydrogen-bond acceptors (Lipinski definition) is 3. The van der Waals surface area contributed by atoms with Gasteiger partial charge in [0.2, 0.25) is 5.91 Å². The average Bonchev–Trinajstić information content (AvgIpc) is 2.90. The van der Waals surface area contributed by atoms with Crippen LogP contribution in [0, 0.1) is 16.7 Å². The lowest BCUT2D eigenvalue weighted by Gasteiger charge is -2.36. The minimum Gasteiger partial charge on any atom is -0.366 e. The Bertz CT molecular complexity index is 486. The van der Waals surface area contributed by atoms with Crippen LogP contribution in [0.15, 0.2) is 0 Å². The van der Waals surface area contributed by atoms with Crippen molar-refractivity contribution in [3.05, 3.63) is 0 Å². The van der Waals surface area contributed by atoms with E-state index in [0.717, 1.165) is 25.8 Å². The molecule has 1 rings (SSSR count). The number of rotatable bonds is 10. The van der Waals surface area contributed by atoms with E-state index in [0.29, 0.717) is 25.2 Å². The summed E-state index contributed by atoms with van der Waals surface area (Å²) in [7, 11) is 0. The molecule has 5 heteroatoms. The molecule has 1 fully saturated rings. The summed E-state index contributed by atoms with van der Waals surface area (Å²) < 4.78 is 5.91. The third kappa shape index (κ3) is 8.24. The van der Waals surface area contributed by atoms with Crippen molar-refractivity contribution in [3.63, 3.8) is 0 Å². The molecular formula is C21H38INO3. The van der Waals surface area contributed by atoms with Crippen molar-refractivity contribution in [2.75, 3.05) is 13.2 Å². The van der Waals surface area contributed by atoms with Gasteiger partial charge in [0.05, 0.1) is 12.6 Å². The molecule has 152 valence electrons. The molecule has 0 aromatic heterocycles. The Morgan fingerprint density at radius 3 is 2.23 bits per heavy atom. The SMILES string of the molecule is CC(I)OCC1CCCN1C(=O)CC(C)(C)CC(C)(C)CC(=O)C(C)C. The average molecular weight is 479 g/mol. The molecule has 1 aliphatic heterocycles. The van der Waals surface area contributed by atoms with Gasteiger partial charge < -0.3 is 9.64 Å². The Morgan fingerprint density at radius 2 is 1.69 bits per heavy atom.